The highest BCUT2D eigenvalue weighted by Crippen LogP contribution is 2.57. The zero-order chi connectivity index (χ0) is 24.4. The van der Waals surface area contributed by atoms with E-state index in [-0.39, 0.29) is 23.2 Å². The highest BCUT2D eigenvalue weighted by molar-refractivity contribution is 7.88. The summed E-state index contributed by atoms with van der Waals surface area (Å²) >= 11 is 1.49. The summed E-state index contributed by atoms with van der Waals surface area (Å²) in [5.41, 5.74) is 1.38. The monoisotopic (exact) mass is 507 g/mol. The summed E-state index contributed by atoms with van der Waals surface area (Å²) in [6.45, 7) is 4.93. The van der Waals surface area contributed by atoms with Gasteiger partial charge in [-0.15, -0.1) is 11.3 Å². The number of anilines is 1. The average Bonchev–Trinajstić information content (AvgIpc) is 3.40. The van der Waals surface area contributed by atoms with Crippen molar-refractivity contribution in [3.8, 4) is 10.6 Å². The van der Waals surface area contributed by atoms with E-state index in [2.05, 4.69) is 22.2 Å². The number of nitrogens with zero attached hydrogens (tertiary/aromatic N) is 4. The first-order chi connectivity index (χ1) is 16.0. The summed E-state index contributed by atoms with van der Waals surface area (Å²) in [4.78, 5) is 25.5. The molecule has 4 heterocycles. The minimum Gasteiger partial charge on any atom is -0.351 e. The van der Waals surface area contributed by atoms with Gasteiger partial charge in [-0.2, -0.15) is 0 Å². The van der Waals surface area contributed by atoms with Gasteiger partial charge >= 0.3 is 0 Å². The van der Waals surface area contributed by atoms with Crippen LogP contribution >= 0.6 is 11.3 Å². The van der Waals surface area contributed by atoms with Gasteiger partial charge in [-0.3, -0.25) is 4.79 Å². The first-order valence-electron chi connectivity index (χ1n) is 11.7. The van der Waals surface area contributed by atoms with Crippen molar-refractivity contribution in [3.63, 3.8) is 0 Å². The average molecular weight is 508 g/mol. The molecule has 1 aliphatic carbocycles. The van der Waals surface area contributed by atoms with E-state index >= 15 is 0 Å². The zero-order valence-corrected chi connectivity index (χ0v) is 21.5. The quantitative estimate of drug-likeness (QED) is 0.680. The number of piperidine rings is 1. The highest BCUT2D eigenvalue weighted by atomic mass is 32.2. The lowest BCUT2D eigenvalue weighted by molar-refractivity contribution is 0.0556. The Morgan fingerprint density at radius 3 is 2.59 bits per heavy atom. The summed E-state index contributed by atoms with van der Waals surface area (Å²) in [7, 11) is -1.31. The molecular weight excluding hydrogens is 477 g/mol. The Morgan fingerprint density at radius 2 is 1.97 bits per heavy atom. The third-order valence-corrected chi connectivity index (χ3v) is 10.7. The minimum atomic E-state index is -3.20. The lowest BCUT2D eigenvalue weighted by Crippen LogP contribution is -2.42. The van der Waals surface area contributed by atoms with Gasteiger partial charge in [0.1, 0.15) is 5.69 Å². The molecule has 0 aromatic carbocycles. The molecule has 2 aromatic heterocycles. The molecule has 1 amide bonds. The predicted octanol–water partition coefficient (Wildman–Crippen LogP) is 3.59. The van der Waals surface area contributed by atoms with Gasteiger partial charge in [-0.25, -0.2) is 27.1 Å². The number of hydrogen-bond donors (Lipinski definition) is 1. The maximum absolute atomic E-state index is 15.0. The van der Waals surface area contributed by atoms with Gasteiger partial charge in [0.2, 0.25) is 16.0 Å². The van der Waals surface area contributed by atoms with Crippen LogP contribution in [0, 0.1) is 18.7 Å². The number of sulfonamides is 1. The molecule has 0 bridgehead atoms. The minimum absolute atomic E-state index is 0.00332. The first kappa shape index (κ1) is 23.6. The van der Waals surface area contributed by atoms with Gasteiger partial charge in [0, 0.05) is 31.1 Å². The largest absolute Gasteiger partial charge is 0.351 e. The van der Waals surface area contributed by atoms with Crippen LogP contribution < -0.4 is 5.32 Å². The fraction of sp³-hybridized carbons (Fsp3) is 0.609. The van der Waals surface area contributed by atoms with E-state index in [1.54, 1.807) is 0 Å². The number of aromatic nitrogens is 2. The maximum atomic E-state index is 15.0. The number of carbonyl (C=O) groups is 1. The highest BCUT2D eigenvalue weighted by Gasteiger charge is 2.55. The van der Waals surface area contributed by atoms with Crippen molar-refractivity contribution in [2.24, 2.45) is 5.92 Å². The molecule has 1 saturated carbocycles. The van der Waals surface area contributed by atoms with Crippen molar-refractivity contribution < 1.29 is 17.6 Å². The molecule has 2 atom stereocenters. The zero-order valence-electron chi connectivity index (χ0n) is 19.9. The number of halogens is 1. The standard InChI is InChI=1S/C23H30FN5O3S2/c1-13-6-5-9-23(13)20-17(21(30)28(23)3)14(2)19(33-20)18-16(24)12-25-22(27-18)26-15-7-10-29(11-8-15)34(4,31)32/h12-13,15H,5-11H2,1-4H3,(H,25,26,27)/t13-,23-/m1/s1. The number of amides is 1. The lowest BCUT2D eigenvalue weighted by atomic mass is 9.86. The van der Waals surface area contributed by atoms with E-state index in [1.807, 2.05) is 18.9 Å². The van der Waals surface area contributed by atoms with Gasteiger partial charge in [-0.05, 0) is 44.1 Å². The van der Waals surface area contributed by atoms with Gasteiger partial charge in [0.25, 0.3) is 5.91 Å². The van der Waals surface area contributed by atoms with Crippen LogP contribution in [0.5, 0.6) is 0 Å². The van der Waals surface area contributed by atoms with Gasteiger partial charge < -0.3 is 10.2 Å². The van der Waals surface area contributed by atoms with Crippen molar-refractivity contribution in [1.82, 2.24) is 19.2 Å². The van der Waals surface area contributed by atoms with Crippen LogP contribution in [0.3, 0.4) is 0 Å². The molecule has 0 radical (unpaired) electrons. The molecular formula is C23H30FN5O3S2. The Bertz CT molecular complexity index is 1260. The van der Waals surface area contributed by atoms with E-state index in [0.29, 0.717) is 48.2 Å². The van der Waals surface area contributed by atoms with Crippen LogP contribution in [0.4, 0.5) is 10.3 Å². The number of nitrogens with one attached hydrogen (secondary N) is 1. The van der Waals surface area contributed by atoms with Crippen molar-refractivity contribution in [3.05, 3.63) is 28.0 Å². The van der Waals surface area contributed by atoms with Crippen LogP contribution in [0.25, 0.3) is 10.6 Å². The van der Waals surface area contributed by atoms with E-state index in [9.17, 15) is 17.6 Å². The Kier molecular flexibility index (Phi) is 5.72. The second-order valence-corrected chi connectivity index (χ2v) is 12.8. The van der Waals surface area contributed by atoms with Crippen LogP contribution in [0.1, 0.15) is 59.8 Å². The molecule has 0 unspecified atom stereocenters. The second-order valence-electron chi connectivity index (χ2n) is 9.81. The summed E-state index contributed by atoms with van der Waals surface area (Å²) in [5, 5.41) is 3.25. The summed E-state index contributed by atoms with van der Waals surface area (Å²) < 4.78 is 39.9. The van der Waals surface area contributed by atoms with Gasteiger partial charge in [-0.1, -0.05) is 13.3 Å². The van der Waals surface area contributed by atoms with Crippen molar-refractivity contribution >= 4 is 33.2 Å². The number of fused-ring (bicyclic) bond motifs is 2. The van der Waals surface area contributed by atoms with E-state index in [1.165, 1.54) is 28.1 Å². The molecule has 8 nitrogen and oxygen atoms in total. The summed E-state index contributed by atoms with van der Waals surface area (Å²) in [6, 6.07) is 0.00332. The fourth-order valence-corrected chi connectivity index (χ4v) is 8.44. The Balaban J connectivity index is 1.45. The van der Waals surface area contributed by atoms with E-state index in [4.69, 9.17) is 0 Å². The molecule has 5 rings (SSSR count). The Morgan fingerprint density at radius 1 is 1.26 bits per heavy atom. The molecule has 1 spiro atoms. The van der Waals surface area contributed by atoms with Gasteiger partial charge in [0.05, 0.1) is 28.4 Å². The number of rotatable bonds is 4. The molecule has 184 valence electrons. The van der Waals surface area contributed by atoms with E-state index < -0.39 is 15.8 Å². The molecule has 2 fully saturated rings. The van der Waals surface area contributed by atoms with Crippen LogP contribution in [-0.2, 0) is 15.6 Å². The number of carbonyl (C=O) groups excluding carboxylic acids is 1. The summed E-state index contributed by atoms with van der Waals surface area (Å²) in [6.07, 6.45) is 6.69. The van der Waals surface area contributed by atoms with Crippen LogP contribution in [-0.4, -0.2) is 65.9 Å². The van der Waals surface area contributed by atoms with Crippen LogP contribution in [0.15, 0.2) is 6.20 Å². The SMILES string of the molecule is Cc1c(-c2nc(NC3CCN(S(C)(=O)=O)CC3)ncc2F)sc2c1C(=O)N(C)[C@@]21CCC[C@H]1C. The third kappa shape index (κ3) is 3.54. The lowest BCUT2D eigenvalue weighted by Gasteiger charge is -2.36. The Hall–Kier alpha value is -2.11. The third-order valence-electron chi connectivity index (χ3n) is 7.88. The fourth-order valence-electron chi connectivity index (χ4n) is 5.91. The molecule has 1 saturated heterocycles. The second kappa shape index (κ2) is 8.23. The predicted molar refractivity (Wildman–Crippen MR) is 130 cm³/mol. The molecule has 2 aliphatic heterocycles. The maximum Gasteiger partial charge on any atom is 0.255 e. The molecule has 34 heavy (non-hydrogen) atoms. The van der Waals surface area contributed by atoms with Crippen LogP contribution in [0.2, 0.25) is 0 Å². The van der Waals surface area contributed by atoms with Crippen molar-refractivity contribution in [1.29, 1.82) is 0 Å². The number of thiophene rings is 1. The molecule has 2 aromatic rings. The van der Waals surface area contributed by atoms with Crippen molar-refractivity contribution in [2.75, 3.05) is 31.7 Å². The molecule has 1 N–H and O–H groups in total. The topological polar surface area (TPSA) is 95.5 Å². The van der Waals surface area contributed by atoms with Crippen molar-refractivity contribution in [2.45, 2.75) is 57.5 Å². The normalized spacial score (nSPS) is 26.0. The Labute approximate surface area is 203 Å². The van der Waals surface area contributed by atoms with E-state index in [0.717, 1.165) is 29.7 Å². The molecule has 3 aliphatic rings. The smallest absolute Gasteiger partial charge is 0.255 e. The number of hydrogen-bond acceptors (Lipinski definition) is 7. The first-order valence-corrected chi connectivity index (χ1v) is 14.4. The van der Waals surface area contributed by atoms with Gasteiger partial charge in [0.15, 0.2) is 5.82 Å². The summed E-state index contributed by atoms with van der Waals surface area (Å²) in [5.74, 6) is 0.150. The molecule has 11 heteroatoms.